The topological polar surface area (TPSA) is 97.5 Å². The van der Waals surface area contributed by atoms with E-state index in [9.17, 15) is 22.3 Å². The normalized spacial score (nSPS) is 12.8. The van der Waals surface area contributed by atoms with Gasteiger partial charge in [-0.25, -0.2) is 22.2 Å². The van der Waals surface area contributed by atoms with Crippen molar-refractivity contribution >= 4 is 27.1 Å². The first-order valence-electron chi connectivity index (χ1n) is 11.6. The smallest absolute Gasteiger partial charge is 0.169 e. The molecule has 3 aromatic heterocycles. The van der Waals surface area contributed by atoms with E-state index in [0.29, 0.717) is 33.7 Å². The Kier molecular flexibility index (Phi) is 7.57. The van der Waals surface area contributed by atoms with E-state index in [-0.39, 0.29) is 29.1 Å². The number of hydrogen-bond acceptors (Lipinski definition) is 6. The highest BCUT2D eigenvalue weighted by atomic mass is 35.5. The van der Waals surface area contributed by atoms with Gasteiger partial charge >= 0.3 is 0 Å². The van der Waals surface area contributed by atoms with Crippen molar-refractivity contribution in [3.05, 3.63) is 82.0 Å². The molecular weight excluding hydrogens is 534 g/mol. The van der Waals surface area contributed by atoms with Gasteiger partial charge in [0.05, 0.1) is 5.69 Å². The Bertz CT molecular complexity index is 1680. The van der Waals surface area contributed by atoms with Crippen LogP contribution in [0.4, 0.5) is 8.78 Å². The van der Waals surface area contributed by atoms with E-state index < -0.39 is 27.1 Å². The second kappa shape index (κ2) is 10.4. The number of aromatic nitrogens is 4. The Balaban J connectivity index is 1.88. The van der Waals surface area contributed by atoms with E-state index in [2.05, 4.69) is 22.0 Å². The van der Waals surface area contributed by atoms with Gasteiger partial charge in [-0.2, -0.15) is 0 Å². The lowest BCUT2D eigenvalue weighted by molar-refractivity contribution is 0.143. The van der Waals surface area contributed by atoms with E-state index in [1.165, 1.54) is 16.5 Å². The summed E-state index contributed by atoms with van der Waals surface area (Å²) in [5.74, 6) is 3.73. The van der Waals surface area contributed by atoms with Crippen molar-refractivity contribution in [3.63, 3.8) is 0 Å². The summed E-state index contributed by atoms with van der Waals surface area (Å²) in [6.07, 6.45) is 1.37. The molecule has 11 heteroatoms. The van der Waals surface area contributed by atoms with Crippen LogP contribution in [-0.2, 0) is 22.0 Å². The summed E-state index contributed by atoms with van der Waals surface area (Å²) in [5.41, 5.74) is 1.74. The first kappa shape index (κ1) is 27.6. The number of hydrogen-bond donors (Lipinski definition) is 1. The van der Waals surface area contributed by atoms with Crippen molar-refractivity contribution in [2.75, 3.05) is 6.26 Å². The largest absolute Gasteiger partial charge is 0.378 e. The van der Waals surface area contributed by atoms with Gasteiger partial charge in [-0.3, -0.25) is 4.40 Å². The Labute approximate surface area is 224 Å². The number of halogens is 3. The zero-order valence-electron chi connectivity index (χ0n) is 21.1. The number of fused-ring (bicyclic) bond motifs is 1. The highest BCUT2D eigenvalue weighted by Crippen LogP contribution is 2.34. The van der Waals surface area contributed by atoms with Gasteiger partial charge in [0, 0.05) is 29.4 Å². The minimum Gasteiger partial charge on any atom is -0.378 e. The van der Waals surface area contributed by atoms with Crippen molar-refractivity contribution in [2.24, 2.45) is 0 Å². The second-order valence-electron chi connectivity index (χ2n) is 9.74. The molecule has 3 heterocycles. The van der Waals surface area contributed by atoms with Gasteiger partial charge in [-0.1, -0.05) is 24.4 Å². The van der Waals surface area contributed by atoms with E-state index in [4.69, 9.17) is 16.6 Å². The third-order valence-electron chi connectivity index (χ3n) is 5.61. The SMILES string of the molecule is C[C@@H](Cc1cc(F)cc(F)c1)c1nc(C#CC(C)(C)O)ccc1-c1ccc(Cl)n2c(CS(C)(=O)=O)nnc12. The predicted molar refractivity (Wildman–Crippen MR) is 141 cm³/mol. The fraction of sp³-hybridized carbons (Fsp3) is 0.296. The van der Waals surface area contributed by atoms with Crippen LogP contribution in [0.15, 0.2) is 42.5 Å². The van der Waals surface area contributed by atoms with E-state index in [1.807, 2.05) is 6.92 Å². The molecule has 7 nitrogen and oxygen atoms in total. The lowest BCUT2D eigenvalue weighted by atomic mass is 9.91. The number of pyridine rings is 2. The maximum absolute atomic E-state index is 13.9. The molecule has 0 fully saturated rings. The molecular formula is C27H25ClF2N4O3S. The van der Waals surface area contributed by atoms with Crippen LogP contribution in [0.5, 0.6) is 0 Å². The van der Waals surface area contributed by atoms with Gasteiger partial charge in [0.15, 0.2) is 21.3 Å². The molecule has 0 aliphatic heterocycles. The average molecular weight is 559 g/mol. The third-order valence-corrected chi connectivity index (χ3v) is 6.68. The lowest BCUT2D eigenvalue weighted by Gasteiger charge is -2.17. The first-order valence-corrected chi connectivity index (χ1v) is 14.1. The van der Waals surface area contributed by atoms with Crippen LogP contribution in [0.3, 0.4) is 0 Å². The first-order chi connectivity index (χ1) is 17.7. The van der Waals surface area contributed by atoms with Crippen LogP contribution in [0.2, 0.25) is 5.15 Å². The van der Waals surface area contributed by atoms with E-state index in [1.54, 1.807) is 38.1 Å². The van der Waals surface area contributed by atoms with E-state index in [0.717, 1.165) is 12.3 Å². The molecule has 0 spiro atoms. The molecule has 1 aromatic carbocycles. The molecule has 0 aliphatic carbocycles. The molecule has 0 saturated heterocycles. The summed E-state index contributed by atoms with van der Waals surface area (Å²) in [6.45, 7) is 4.98. The van der Waals surface area contributed by atoms with Gasteiger partial charge in [0.1, 0.15) is 33.8 Å². The molecule has 0 radical (unpaired) electrons. The maximum atomic E-state index is 13.9. The fourth-order valence-corrected chi connectivity index (χ4v) is 5.00. The van der Waals surface area contributed by atoms with Gasteiger partial charge in [0.25, 0.3) is 0 Å². The molecule has 0 saturated carbocycles. The minimum atomic E-state index is -3.41. The molecule has 38 heavy (non-hydrogen) atoms. The summed E-state index contributed by atoms with van der Waals surface area (Å²) in [4.78, 5) is 4.73. The van der Waals surface area contributed by atoms with Crippen molar-refractivity contribution in [1.29, 1.82) is 0 Å². The average Bonchev–Trinajstić information content (AvgIpc) is 3.19. The van der Waals surface area contributed by atoms with Crippen LogP contribution in [-0.4, -0.2) is 45.0 Å². The lowest BCUT2D eigenvalue weighted by Crippen LogP contribution is -2.14. The van der Waals surface area contributed by atoms with Crippen LogP contribution in [0.1, 0.15) is 49.5 Å². The van der Waals surface area contributed by atoms with Crippen molar-refractivity contribution < 1.29 is 22.3 Å². The van der Waals surface area contributed by atoms with Gasteiger partial charge in [-0.15, -0.1) is 10.2 Å². The van der Waals surface area contributed by atoms with Gasteiger partial charge in [-0.05, 0) is 68.2 Å². The predicted octanol–water partition coefficient (Wildman–Crippen LogP) is 4.74. The highest BCUT2D eigenvalue weighted by Gasteiger charge is 2.22. The fourth-order valence-electron chi connectivity index (χ4n) is 4.10. The second-order valence-corrected chi connectivity index (χ2v) is 12.3. The number of benzene rings is 1. The van der Waals surface area contributed by atoms with Crippen LogP contribution in [0, 0.1) is 23.5 Å². The minimum absolute atomic E-state index is 0.166. The summed E-state index contributed by atoms with van der Waals surface area (Å²) in [7, 11) is -3.41. The zero-order chi connectivity index (χ0) is 27.8. The zero-order valence-corrected chi connectivity index (χ0v) is 22.7. The molecule has 4 rings (SSSR count). The van der Waals surface area contributed by atoms with Gasteiger partial charge < -0.3 is 5.11 Å². The Hall–Kier alpha value is -3.39. The van der Waals surface area contributed by atoms with Gasteiger partial charge in [0.2, 0.25) is 0 Å². The molecule has 0 unspecified atom stereocenters. The third kappa shape index (κ3) is 6.54. The monoisotopic (exact) mass is 558 g/mol. The molecule has 1 N–H and O–H groups in total. The Morgan fingerprint density at radius 1 is 1.08 bits per heavy atom. The molecule has 0 aliphatic rings. The number of aliphatic hydroxyl groups is 1. The molecule has 198 valence electrons. The molecule has 0 bridgehead atoms. The van der Waals surface area contributed by atoms with Crippen molar-refractivity contribution in [2.45, 2.75) is 44.5 Å². The number of sulfone groups is 1. The number of nitrogens with zero attached hydrogens (tertiary/aromatic N) is 4. The summed E-state index contributed by atoms with van der Waals surface area (Å²) < 4.78 is 53.0. The van der Waals surface area contributed by atoms with E-state index >= 15 is 0 Å². The standard InChI is InChI=1S/C27H25ClF2N4O3S/c1-16(11-17-12-18(29)14-19(30)13-17)25-21(6-5-20(31-25)9-10-27(2,3)35)22-7-8-23(28)34-24(15-38(4,36)37)32-33-26(22)34/h5-8,12-14,16,35H,11,15H2,1-4H3/t16-/m0/s1. The van der Waals surface area contributed by atoms with Crippen molar-refractivity contribution in [1.82, 2.24) is 19.6 Å². The quantitative estimate of drug-likeness (QED) is 0.271. The summed E-state index contributed by atoms with van der Waals surface area (Å²) >= 11 is 6.40. The number of rotatable bonds is 6. The van der Waals surface area contributed by atoms with Crippen LogP contribution in [0.25, 0.3) is 16.8 Å². The highest BCUT2D eigenvalue weighted by molar-refractivity contribution is 7.89. The Morgan fingerprint density at radius 3 is 2.37 bits per heavy atom. The van der Waals surface area contributed by atoms with Crippen LogP contribution >= 0.6 is 11.6 Å². The summed E-state index contributed by atoms with van der Waals surface area (Å²) in [6, 6.07) is 10.2. The molecule has 0 amide bonds. The maximum Gasteiger partial charge on any atom is 0.169 e. The molecule has 4 aromatic rings. The van der Waals surface area contributed by atoms with Crippen molar-refractivity contribution in [3.8, 4) is 23.0 Å². The molecule has 1 atom stereocenters. The Morgan fingerprint density at radius 2 is 1.74 bits per heavy atom. The summed E-state index contributed by atoms with van der Waals surface area (Å²) in [5, 5.41) is 18.5. The van der Waals surface area contributed by atoms with Crippen LogP contribution < -0.4 is 0 Å².